The molecule has 3 aromatic rings. The first-order valence-electron chi connectivity index (χ1n) is 6.21. The molecular weight excluding hydrogens is 278 g/mol. The topological polar surface area (TPSA) is 52.0 Å². The van der Waals surface area contributed by atoms with Crippen LogP contribution in [0.4, 0.5) is 20.3 Å². The van der Waals surface area contributed by atoms with Gasteiger partial charge < -0.3 is 14.6 Å². The highest BCUT2D eigenvalue weighted by Crippen LogP contribution is 2.28. The second-order valence-corrected chi connectivity index (χ2v) is 4.41. The van der Waals surface area contributed by atoms with Gasteiger partial charge in [0.15, 0.2) is 0 Å². The summed E-state index contributed by atoms with van der Waals surface area (Å²) in [5.74, 6) is 0.593. The number of alkyl halides is 2. The summed E-state index contributed by atoms with van der Waals surface area (Å²) >= 11 is 0. The first kappa shape index (κ1) is 13.3. The molecule has 0 saturated carbocycles. The third-order valence-electron chi connectivity index (χ3n) is 2.98. The quantitative estimate of drug-likeness (QED) is 0.801. The molecule has 1 aromatic carbocycles. The van der Waals surface area contributed by atoms with Crippen LogP contribution in [0, 0.1) is 0 Å². The molecule has 1 N–H and O–H groups in total. The minimum Gasteiger partial charge on any atom is -0.433 e. The van der Waals surface area contributed by atoms with E-state index in [4.69, 9.17) is 0 Å². The molecule has 0 aliphatic heterocycles. The Hall–Kier alpha value is -2.70. The van der Waals surface area contributed by atoms with Crippen LogP contribution in [-0.4, -0.2) is 21.1 Å². The van der Waals surface area contributed by atoms with Gasteiger partial charge in [-0.15, -0.1) is 0 Å². The number of hydrogen-bond donors (Lipinski definition) is 1. The van der Waals surface area contributed by atoms with E-state index < -0.39 is 6.61 Å². The van der Waals surface area contributed by atoms with Crippen molar-refractivity contribution in [3.63, 3.8) is 0 Å². The van der Waals surface area contributed by atoms with E-state index in [-0.39, 0.29) is 5.75 Å². The van der Waals surface area contributed by atoms with Crippen LogP contribution in [0.25, 0.3) is 11.0 Å². The average Bonchev–Trinajstić information content (AvgIpc) is 2.82. The third kappa shape index (κ3) is 2.76. The van der Waals surface area contributed by atoms with Gasteiger partial charge in [-0.25, -0.2) is 9.97 Å². The summed E-state index contributed by atoms with van der Waals surface area (Å²) in [6.07, 6.45) is 3.30. The molecule has 0 bridgehead atoms. The van der Waals surface area contributed by atoms with Crippen LogP contribution < -0.4 is 10.1 Å². The summed E-state index contributed by atoms with van der Waals surface area (Å²) in [5.41, 5.74) is 2.08. The molecule has 7 heteroatoms. The number of nitrogens with zero attached hydrogens (tertiary/aromatic N) is 3. The van der Waals surface area contributed by atoms with Gasteiger partial charge in [0.25, 0.3) is 0 Å². The summed E-state index contributed by atoms with van der Waals surface area (Å²) in [7, 11) is 1.87. The van der Waals surface area contributed by atoms with Crippen molar-refractivity contribution in [1.29, 1.82) is 0 Å². The first-order chi connectivity index (χ1) is 10.1. The van der Waals surface area contributed by atoms with Crippen LogP contribution in [0.15, 0.2) is 42.9 Å². The normalized spacial score (nSPS) is 11.0. The van der Waals surface area contributed by atoms with Gasteiger partial charge in [0.1, 0.15) is 17.1 Å². The Morgan fingerprint density at radius 2 is 2.05 bits per heavy atom. The van der Waals surface area contributed by atoms with E-state index >= 15 is 0 Å². The number of nitrogens with one attached hydrogen (secondary N) is 1. The maximum absolute atomic E-state index is 12.4. The highest BCUT2D eigenvalue weighted by Gasteiger charge is 2.10. The molecule has 0 spiro atoms. The zero-order valence-electron chi connectivity index (χ0n) is 11.1. The number of fused-ring (bicyclic) bond motifs is 1. The van der Waals surface area contributed by atoms with E-state index in [1.54, 1.807) is 36.8 Å². The zero-order valence-corrected chi connectivity index (χ0v) is 11.1. The van der Waals surface area contributed by atoms with Gasteiger partial charge in [0.2, 0.25) is 0 Å². The van der Waals surface area contributed by atoms with Gasteiger partial charge in [-0.1, -0.05) is 12.1 Å². The van der Waals surface area contributed by atoms with Crippen molar-refractivity contribution < 1.29 is 13.5 Å². The maximum Gasteiger partial charge on any atom is 0.387 e. The lowest BCUT2D eigenvalue weighted by atomic mass is 10.3. The fraction of sp³-hybridized carbons (Fsp3) is 0.143. The van der Waals surface area contributed by atoms with E-state index in [9.17, 15) is 8.78 Å². The van der Waals surface area contributed by atoms with Crippen molar-refractivity contribution in [2.24, 2.45) is 7.05 Å². The second-order valence-electron chi connectivity index (χ2n) is 4.41. The first-order valence-corrected chi connectivity index (χ1v) is 6.21. The molecule has 0 atom stereocenters. The fourth-order valence-electron chi connectivity index (χ4n) is 2.01. The van der Waals surface area contributed by atoms with E-state index in [0.717, 1.165) is 11.0 Å². The molecule has 0 saturated heterocycles. The summed E-state index contributed by atoms with van der Waals surface area (Å²) in [4.78, 5) is 8.38. The SMILES string of the molecule is Cn1cnc2cnc(Nc3ccccc3OC(F)F)cc21. The summed E-state index contributed by atoms with van der Waals surface area (Å²) in [6.45, 7) is -2.87. The number of benzene rings is 1. The fourth-order valence-corrected chi connectivity index (χ4v) is 2.01. The molecule has 0 aliphatic rings. The molecule has 5 nitrogen and oxygen atoms in total. The number of aromatic nitrogens is 3. The Labute approximate surface area is 119 Å². The van der Waals surface area contributed by atoms with Gasteiger partial charge in [-0.3, -0.25) is 0 Å². The van der Waals surface area contributed by atoms with E-state index in [0.29, 0.717) is 11.5 Å². The molecule has 3 rings (SSSR count). The van der Waals surface area contributed by atoms with Crippen molar-refractivity contribution >= 4 is 22.5 Å². The molecule has 0 unspecified atom stereocenters. The maximum atomic E-state index is 12.4. The molecule has 2 heterocycles. The van der Waals surface area contributed by atoms with Crippen molar-refractivity contribution in [2.45, 2.75) is 6.61 Å². The van der Waals surface area contributed by atoms with Crippen LogP contribution in [-0.2, 0) is 7.05 Å². The van der Waals surface area contributed by atoms with Gasteiger partial charge in [0, 0.05) is 13.1 Å². The molecule has 2 aromatic heterocycles. The molecular formula is C14H12F2N4O. The third-order valence-corrected chi connectivity index (χ3v) is 2.98. The van der Waals surface area contributed by atoms with Crippen LogP contribution in [0.3, 0.4) is 0 Å². The Bertz CT molecular complexity index is 773. The van der Waals surface area contributed by atoms with Crippen LogP contribution in [0.1, 0.15) is 0 Å². The largest absolute Gasteiger partial charge is 0.433 e. The van der Waals surface area contributed by atoms with E-state index in [1.165, 1.54) is 6.07 Å². The predicted octanol–water partition coefficient (Wildman–Crippen LogP) is 3.31. The van der Waals surface area contributed by atoms with Gasteiger partial charge in [-0.2, -0.15) is 8.78 Å². The number of ether oxygens (including phenoxy) is 1. The van der Waals surface area contributed by atoms with Crippen LogP contribution in [0.5, 0.6) is 5.75 Å². The number of hydrogen-bond acceptors (Lipinski definition) is 4. The second kappa shape index (κ2) is 5.35. The van der Waals surface area contributed by atoms with E-state index in [1.807, 2.05) is 11.6 Å². The van der Waals surface area contributed by atoms with Gasteiger partial charge >= 0.3 is 6.61 Å². The number of para-hydroxylation sites is 2. The summed E-state index contributed by atoms with van der Waals surface area (Å²) < 4.78 is 31.1. The highest BCUT2D eigenvalue weighted by atomic mass is 19.3. The number of rotatable bonds is 4. The highest BCUT2D eigenvalue weighted by molar-refractivity contribution is 5.78. The minimum atomic E-state index is -2.87. The lowest BCUT2D eigenvalue weighted by molar-refractivity contribution is -0.0493. The van der Waals surface area contributed by atoms with E-state index in [2.05, 4.69) is 20.0 Å². The molecule has 0 aliphatic carbocycles. The van der Waals surface area contributed by atoms with Crippen molar-refractivity contribution in [1.82, 2.24) is 14.5 Å². The molecule has 0 fully saturated rings. The zero-order chi connectivity index (χ0) is 14.8. The molecule has 0 amide bonds. The number of aryl methyl sites for hydroxylation is 1. The Kier molecular flexibility index (Phi) is 3.39. The number of imidazole rings is 1. The summed E-state index contributed by atoms with van der Waals surface area (Å²) in [5, 5.41) is 2.98. The Morgan fingerprint density at radius 1 is 1.24 bits per heavy atom. The predicted molar refractivity (Wildman–Crippen MR) is 74.9 cm³/mol. The lowest BCUT2D eigenvalue weighted by Gasteiger charge is -2.12. The number of pyridine rings is 1. The Balaban J connectivity index is 1.93. The minimum absolute atomic E-state index is 0.0689. The number of halogens is 2. The monoisotopic (exact) mass is 290 g/mol. The number of anilines is 2. The smallest absolute Gasteiger partial charge is 0.387 e. The van der Waals surface area contributed by atoms with Crippen LogP contribution in [0.2, 0.25) is 0 Å². The average molecular weight is 290 g/mol. The summed E-state index contributed by atoms with van der Waals surface area (Å²) in [6, 6.07) is 8.26. The van der Waals surface area contributed by atoms with Crippen molar-refractivity contribution in [2.75, 3.05) is 5.32 Å². The lowest BCUT2D eigenvalue weighted by Crippen LogP contribution is -2.04. The Morgan fingerprint density at radius 3 is 2.86 bits per heavy atom. The molecule has 21 heavy (non-hydrogen) atoms. The van der Waals surface area contributed by atoms with Crippen molar-refractivity contribution in [3.8, 4) is 5.75 Å². The molecule has 0 radical (unpaired) electrons. The standard InChI is InChI=1S/C14H12F2N4O/c1-20-8-18-10-7-17-13(6-11(10)20)19-9-4-2-3-5-12(9)21-14(15)16/h2-8,14H,1H3,(H,17,19). The van der Waals surface area contributed by atoms with Crippen molar-refractivity contribution in [3.05, 3.63) is 42.9 Å². The van der Waals surface area contributed by atoms with Gasteiger partial charge in [0.05, 0.1) is 23.7 Å². The van der Waals surface area contributed by atoms with Crippen LogP contribution >= 0.6 is 0 Å². The van der Waals surface area contributed by atoms with Gasteiger partial charge in [-0.05, 0) is 12.1 Å². The molecule has 108 valence electrons.